The van der Waals surface area contributed by atoms with Crippen LogP contribution in [-0.4, -0.2) is 30.5 Å². The van der Waals surface area contributed by atoms with E-state index < -0.39 is 11.6 Å². The van der Waals surface area contributed by atoms with Gasteiger partial charge in [0.25, 0.3) is 0 Å². The molecular weight excluding hydrogens is 244 g/mol. The Balaban J connectivity index is 2.29. The second-order valence-corrected chi connectivity index (χ2v) is 3.86. The zero-order chi connectivity index (χ0) is 13.1. The monoisotopic (exact) mass is 257 g/mol. The number of nitrogens with zero attached hydrogens (tertiary/aromatic N) is 2. The van der Waals surface area contributed by atoms with Crippen molar-refractivity contribution in [3.63, 3.8) is 0 Å². The van der Waals surface area contributed by atoms with Crippen LogP contribution in [0.4, 0.5) is 20.4 Å². The van der Waals surface area contributed by atoms with Gasteiger partial charge in [-0.05, 0) is 0 Å². The number of amides is 1. The van der Waals surface area contributed by atoms with Crippen LogP contribution < -0.4 is 21.5 Å². The summed E-state index contributed by atoms with van der Waals surface area (Å²) in [5.74, 6) is 3.12. The number of aromatic nitrogens is 1. The molecule has 0 saturated carbocycles. The summed E-state index contributed by atoms with van der Waals surface area (Å²) in [5.41, 5.74) is 2.06. The molecule has 8 heteroatoms. The zero-order valence-electron chi connectivity index (χ0n) is 9.54. The van der Waals surface area contributed by atoms with E-state index in [0.717, 1.165) is 6.07 Å². The fraction of sp³-hybridized carbons (Fsp3) is 0.400. The molecule has 6 nitrogen and oxygen atoms in total. The van der Waals surface area contributed by atoms with Crippen LogP contribution in [0.3, 0.4) is 0 Å². The average molecular weight is 257 g/mol. The van der Waals surface area contributed by atoms with Crippen LogP contribution in [0.15, 0.2) is 6.07 Å². The van der Waals surface area contributed by atoms with Crippen molar-refractivity contribution in [1.29, 1.82) is 0 Å². The molecule has 1 saturated heterocycles. The van der Waals surface area contributed by atoms with Gasteiger partial charge in [0, 0.05) is 32.1 Å². The lowest BCUT2D eigenvalue weighted by atomic mass is 10.3. The Labute approximate surface area is 102 Å². The first-order valence-corrected chi connectivity index (χ1v) is 5.46. The predicted octanol–water partition coefficient (Wildman–Crippen LogP) is -0.0283. The number of hydrogen-bond acceptors (Lipinski definition) is 5. The van der Waals surface area contributed by atoms with Crippen LogP contribution in [-0.2, 0) is 4.79 Å². The van der Waals surface area contributed by atoms with E-state index in [1.807, 2.05) is 0 Å². The fourth-order valence-corrected chi connectivity index (χ4v) is 1.76. The van der Waals surface area contributed by atoms with Gasteiger partial charge >= 0.3 is 0 Å². The number of nitrogen functional groups attached to an aromatic ring is 1. The molecule has 2 heterocycles. The van der Waals surface area contributed by atoms with Gasteiger partial charge in [-0.1, -0.05) is 0 Å². The Morgan fingerprint density at radius 1 is 1.39 bits per heavy atom. The number of pyridine rings is 1. The fourth-order valence-electron chi connectivity index (χ4n) is 1.76. The lowest BCUT2D eigenvalue weighted by Gasteiger charge is -2.21. The van der Waals surface area contributed by atoms with Crippen LogP contribution in [0, 0.1) is 11.6 Å². The van der Waals surface area contributed by atoms with Gasteiger partial charge in [0.2, 0.25) is 5.91 Å². The van der Waals surface area contributed by atoms with Crippen molar-refractivity contribution in [3.8, 4) is 0 Å². The summed E-state index contributed by atoms with van der Waals surface area (Å²) in [6.07, 6.45) is 0.240. The Morgan fingerprint density at radius 2 is 2.17 bits per heavy atom. The second-order valence-electron chi connectivity index (χ2n) is 3.86. The summed E-state index contributed by atoms with van der Waals surface area (Å²) >= 11 is 0. The lowest BCUT2D eigenvalue weighted by Crippen LogP contribution is -2.30. The number of carbonyl (C=O) groups is 1. The Bertz CT molecular complexity index is 468. The summed E-state index contributed by atoms with van der Waals surface area (Å²) in [6, 6.07) is 0.720. The average Bonchev–Trinajstić information content (AvgIpc) is 2.54. The van der Waals surface area contributed by atoms with Crippen molar-refractivity contribution in [2.75, 3.05) is 30.0 Å². The molecule has 1 amide bonds. The molecular formula is C10H13F2N5O. The van der Waals surface area contributed by atoms with Gasteiger partial charge < -0.3 is 15.6 Å². The molecule has 1 aromatic heterocycles. The van der Waals surface area contributed by atoms with Crippen molar-refractivity contribution in [3.05, 3.63) is 17.7 Å². The first kappa shape index (κ1) is 12.5. The molecule has 18 heavy (non-hydrogen) atoms. The van der Waals surface area contributed by atoms with Crippen LogP contribution in [0.25, 0.3) is 0 Å². The molecule has 4 N–H and O–H groups in total. The minimum Gasteiger partial charge on any atom is -0.354 e. The number of nitrogens with one attached hydrogen (secondary N) is 2. The zero-order valence-corrected chi connectivity index (χ0v) is 9.54. The highest BCUT2D eigenvalue weighted by Gasteiger charge is 2.20. The first-order valence-electron chi connectivity index (χ1n) is 5.46. The maximum atomic E-state index is 13.7. The molecule has 1 aromatic rings. The molecule has 0 aliphatic carbocycles. The Hall–Kier alpha value is -1.96. The topological polar surface area (TPSA) is 83.3 Å². The van der Waals surface area contributed by atoms with E-state index in [4.69, 9.17) is 5.84 Å². The summed E-state index contributed by atoms with van der Waals surface area (Å²) in [7, 11) is 0. The van der Waals surface area contributed by atoms with E-state index in [-0.39, 0.29) is 24.0 Å². The van der Waals surface area contributed by atoms with E-state index in [0.29, 0.717) is 19.6 Å². The number of anilines is 2. The molecule has 0 bridgehead atoms. The molecule has 0 unspecified atom stereocenters. The van der Waals surface area contributed by atoms with Gasteiger partial charge in [0.05, 0.1) is 0 Å². The maximum Gasteiger partial charge on any atom is 0.221 e. The highest BCUT2D eigenvalue weighted by Crippen LogP contribution is 2.22. The SMILES string of the molecule is NNc1nc(N2CCNC(=O)CC2)c(F)cc1F. The third-order valence-electron chi connectivity index (χ3n) is 2.66. The van der Waals surface area contributed by atoms with E-state index in [2.05, 4.69) is 15.7 Å². The smallest absolute Gasteiger partial charge is 0.221 e. The number of hydrogen-bond donors (Lipinski definition) is 3. The van der Waals surface area contributed by atoms with E-state index in [1.165, 1.54) is 0 Å². The minimum absolute atomic E-state index is 0.0131. The third-order valence-corrected chi connectivity index (χ3v) is 2.66. The highest BCUT2D eigenvalue weighted by atomic mass is 19.1. The summed E-state index contributed by atoms with van der Waals surface area (Å²) in [4.78, 5) is 16.5. The van der Waals surface area contributed by atoms with Crippen LogP contribution in [0.2, 0.25) is 0 Å². The summed E-state index contributed by atoms with van der Waals surface area (Å²) in [6.45, 7) is 1.12. The Morgan fingerprint density at radius 3 is 2.89 bits per heavy atom. The van der Waals surface area contributed by atoms with E-state index >= 15 is 0 Å². The normalized spacial score (nSPS) is 16.2. The van der Waals surface area contributed by atoms with E-state index in [9.17, 15) is 13.6 Å². The predicted molar refractivity (Wildman–Crippen MR) is 61.8 cm³/mol. The molecule has 0 spiro atoms. The summed E-state index contributed by atoms with van der Waals surface area (Å²) in [5, 5.41) is 2.66. The molecule has 98 valence electrons. The van der Waals surface area contributed by atoms with Gasteiger partial charge in [-0.2, -0.15) is 0 Å². The number of carbonyl (C=O) groups excluding carboxylic acids is 1. The molecule has 0 radical (unpaired) electrons. The van der Waals surface area contributed by atoms with Crippen molar-refractivity contribution < 1.29 is 13.6 Å². The van der Waals surface area contributed by atoms with Gasteiger partial charge in [-0.25, -0.2) is 19.6 Å². The van der Waals surface area contributed by atoms with Crippen LogP contribution in [0.1, 0.15) is 6.42 Å². The van der Waals surface area contributed by atoms with Gasteiger partial charge in [0.15, 0.2) is 23.3 Å². The third kappa shape index (κ3) is 2.48. The lowest BCUT2D eigenvalue weighted by molar-refractivity contribution is -0.120. The minimum atomic E-state index is -0.859. The van der Waals surface area contributed by atoms with Gasteiger partial charge in [-0.3, -0.25) is 4.79 Å². The van der Waals surface area contributed by atoms with Crippen LogP contribution >= 0.6 is 0 Å². The number of hydrazine groups is 1. The molecule has 1 aliphatic heterocycles. The number of nitrogens with two attached hydrogens (primary N) is 1. The molecule has 2 rings (SSSR count). The molecule has 0 atom stereocenters. The largest absolute Gasteiger partial charge is 0.354 e. The van der Waals surface area contributed by atoms with Crippen LogP contribution in [0.5, 0.6) is 0 Å². The van der Waals surface area contributed by atoms with Crippen molar-refractivity contribution in [2.24, 2.45) is 5.84 Å². The maximum absolute atomic E-state index is 13.7. The molecule has 1 aliphatic rings. The molecule has 0 aromatic carbocycles. The van der Waals surface area contributed by atoms with Gasteiger partial charge in [0.1, 0.15) is 0 Å². The highest BCUT2D eigenvalue weighted by molar-refractivity contribution is 5.77. The number of halogens is 2. The van der Waals surface area contributed by atoms with Gasteiger partial charge in [-0.15, -0.1) is 0 Å². The number of rotatable bonds is 2. The second kappa shape index (κ2) is 5.13. The Kier molecular flexibility index (Phi) is 3.56. The first-order chi connectivity index (χ1) is 8.61. The van der Waals surface area contributed by atoms with Crippen molar-refractivity contribution in [1.82, 2.24) is 10.3 Å². The summed E-state index contributed by atoms with van der Waals surface area (Å²) < 4.78 is 26.9. The quantitative estimate of drug-likeness (QED) is 0.512. The van der Waals surface area contributed by atoms with Crippen molar-refractivity contribution >= 4 is 17.5 Å². The molecule has 1 fully saturated rings. The van der Waals surface area contributed by atoms with Crippen molar-refractivity contribution in [2.45, 2.75) is 6.42 Å². The standard InChI is InChI=1S/C10H13F2N5O/c11-6-5-7(12)10(15-9(6)16-13)17-3-1-8(18)14-2-4-17/h5H,1-4,13H2,(H,14,18)(H,15,16). The van der Waals surface area contributed by atoms with E-state index in [1.54, 1.807) is 4.90 Å².